The third-order valence-electron chi connectivity index (χ3n) is 3.15. The molecule has 0 saturated carbocycles. The largest absolute Gasteiger partial charge is 0.379 e. The van der Waals surface area contributed by atoms with E-state index >= 15 is 0 Å². The van der Waals surface area contributed by atoms with Gasteiger partial charge in [0.2, 0.25) is 0 Å². The molecule has 0 unspecified atom stereocenters. The molecule has 1 fully saturated rings. The van der Waals surface area contributed by atoms with Crippen LogP contribution >= 0.6 is 0 Å². The highest BCUT2D eigenvalue weighted by Crippen LogP contribution is 2.14. The molecule has 0 aromatic carbocycles. The quantitative estimate of drug-likeness (QED) is 0.673. The predicted octanol–water partition coefficient (Wildman–Crippen LogP) is 0.341. The van der Waals surface area contributed by atoms with Gasteiger partial charge in [-0.15, -0.1) is 0 Å². The molecule has 0 spiro atoms. The molecule has 0 atom stereocenters. The molecule has 1 heterocycles. The van der Waals surface area contributed by atoms with Crippen LogP contribution in [0.4, 0.5) is 0 Å². The second-order valence-corrected chi connectivity index (χ2v) is 3.90. The summed E-state index contributed by atoms with van der Waals surface area (Å²) in [7, 11) is 0. The monoisotopic (exact) mass is 201 g/mol. The van der Waals surface area contributed by atoms with Gasteiger partial charge in [0.15, 0.2) is 0 Å². The van der Waals surface area contributed by atoms with Crippen LogP contribution in [0.5, 0.6) is 0 Å². The minimum absolute atomic E-state index is 0.0807. The van der Waals surface area contributed by atoms with E-state index in [2.05, 4.69) is 24.3 Å². The molecule has 1 aliphatic rings. The lowest BCUT2D eigenvalue weighted by Crippen LogP contribution is -2.60. The minimum Gasteiger partial charge on any atom is -0.379 e. The number of nitrogens with zero attached hydrogens (tertiary/aromatic N) is 1. The van der Waals surface area contributed by atoms with Crippen LogP contribution < -0.4 is 11.2 Å². The van der Waals surface area contributed by atoms with Crippen LogP contribution in [0.1, 0.15) is 26.7 Å². The predicted molar refractivity (Wildman–Crippen MR) is 57.9 cm³/mol. The van der Waals surface area contributed by atoms with Crippen LogP contribution in [0.3, 0.4) is 0 Å². The van der Waals surface area contributed by atoms with Crippen molar-refractivity contribution in [3.63, 3.8) is 0 Å². The first-order chi connectivity index (χ1) is 6.76. The minimum atomic E-state index is 0.0807. The lowest BCUT2D eigenvalue weighted by Gasteiger charge is -2.39. The first-order valence-corrected chi connectivity index (χ1v) is 5.57. The Labute approximate surface area is 86.8 Å². The molecule has 0 bridgehead atoms. The molecule has 0 aromatic rings. The third kappa shape index (κ3) is 2.92. The molecule has 1 rings (SSSR count). The molecule has 84 valence electrons. The van der Waals surface area contributed by atoms with E-state index < -0.39 is 0 Å². The number of hydrazine groups is 1. The van der Waals surface area contributed by atoms with Crippen LogP contribution in [0.25, 0.3) is 0 Å². The summed E-state index contributed by atoms with van der Waals surface area (Å²) in [6.45, 7) is 8.62. The zero-order valence-corrected chi connectivity index (χ0v) is 9.38. The van der Waals surface area contributed by atoms with Crippen molar-refractivity contribution in [3.8, 4) is 0 Å². The maximum Gasteiger partial charge on any atom is 0.0608 e. The zero-order chi connectivity index (χ0) is 10.4. The van der Waals surface area contributed by atoms with Gasteiger partial charge in [-0.1, -0.05) is 13.8 Å². The summed E-state index contributed by atoms with van der Waals surface area (Å²) in [5, 5.41) is 2.24. The Kier molecular flexibility index (Phi) is 4.81. The van der Waals surface area contributed by atoms with Crippen molar-refractivity contribution in [1.29, 1.82) is 0 Å². The van der Waals surface area contributed by atoms with E-state index in [4.69, 9.17) is 10.5 Å². The first-order valence-electron chi connectivity index (χ1n) is 5.57. The average molecular weight is 201 g/mol. The van der Waals surface area contributed by atoms with Gasteiger partial charge < -0.3 is 10.5 Å². The highest BCUT2D eigenvalue weighted by atomic mass is 16.5. The Morgan fingerprint density at radius 1 is 1.29 bits per heavy atom. The lowest BCUT2D eigenvalue weighted by molar-refractivity contribution is -0.0132. The van der Waals surface area contributed by atoms with Crippen molar-refractivity contribution in [2.45, 2.75) is 32.2 Å². The van der Waals surface area contributed by atoms with Gasteiger partial charge in [0.25, 0.3) is 0 Å². The van der Waals surface area contributed by atoms with Crippen LogP contribution in [-0.2, 0) is 4.74 Å². The van der Waals surface area contributed by atoms with Gasteiger partial charge in [0.1, 0.15) is 0 Å². The summed E-state index contributed by atoms with van der Waals surface area (Å²) in [5.41, 5.74) is 9.45. The van der Waals surface area contributed by atoms with Crippen molar-refractivity contribution in [2.24, 2.45) is 5.73 Å². The van der Waals surface area contributed by atoms with Gasteiger partial charge in [0, 0.05) is 25.2 Å². The second kappa shape index (κ2) is 5.66. The molecule has 4 heteroatoms. The molecule has 0 amide bonds. The fourth-order valence-corrected chi connectivity index (χ4v) is 1.75. The van der Waals surface area contributed by atoms with E-state index in [0.29, 0.717) is 6.54 Å². The maximum absolute atomic E-state index is 5.83. The second-order valence-electron chi connectivity index (χ2n) is 3.90. The lowest BCUT2D eigenvalue weighted by atomic mass is 9.94. The summed E-state index contributed by atoms with van der Waals surface area (Å²) in [5.74, 6) is 0. The zero-order valence-electron chi connectivity index (χ0n) is 9.38. The fourth-order valence-electron chi connectivity index (χ4n) is 1.75. The topological polar surface area (TPSA) is 50.5 Å². The Morgan fingerprint density at radius 3 is 2.29 bits per heavy atom. The summed E-state index contributed by atoms with van der Waals surface area (Å²) < 4.78 is 5.30. The summed E-state index contributed by atoms with van der Waals surface area (Å²) in [6, 6.07) is 0. The number of ether oxygens (including phenoxy) is 1. The van der Waals surface area contributed by atoms with Gasteiger partial charge in [0.05, 0.1) is 13.2 Å². The Bertz CT molecular complexity index is 145. The number of nitrogens with one attached hydrogen (secondary N) is 1. The SMILES string of the molecule is CCC(CC)(CN)NN1CCOCC1. The van der Waals surface area contributed by atoms with Crippen LogP contribution in [0.2, 0.25) is 0 Å². The molecule has 3 N–H and O–H groups in total. The van der Waals surface area contributed by atoms with Gasteiger partial charge >= 0.3 is 0 Å². The maximum atomic E-state index is 5.83. The standard InChI is InChI=1S/C10H23N3O/c1-3-10(4-2,9-11)12-13-5-7-14-8-6-13/h12H,3-9,11H2,1-2H3. The molecule has 0 aromatic heterocycles. The molecule has 4 nitrogen and oxygen atoms in total. The molecule has 1 aliphatic heterocycles. The first kappa shape index (κ1) is 11.9. The van der Waals surface area contributed by atoms with Gasteiger partial charge in [-0.2, -0.15) is 0 Å². The number of morpholine rings is 1. The van der Waals surface area contributed by atoms with Gasteiger partial charge in [-0.05, 0) is 12.8 Å². The average Bonchev–Trinajstić information content (AvgIpc) is 2.28. The highest BCUT2D eigenvalue weighted by molar-refractivity contribution is 4.85. The smallest absolute Gasteiger partial charge is 0.0608 e. The van der Waals surface area contributed by atoms with E-state index in [9.17, 15) is 0 Å². The Morgan fingerprint density at radius 2 is 1.86 bits per heavy atom. The van der Waals surface area contributed by atoms with E-state index in [1.54, 1.807) is 0 Å². The third-order valence-corrected chi connectivity index (χ3v) is 3.15. The van der Waals surface area contributed by atoms with Crippen molar-refractivity contribution >= 4 is 0 Å². The van der Waals surface area contributed by atoms with Crippen LogP contribution in [-0.4, -0.2) is 43.4 Å². The summed E-state index contributed by atoms with van der Waals surface area (Å²) in [6.07, 6.45) is 2.13. The highest BCUT2D eigenvalue weighted by Gasteiger charge is 2.27. The van der Waals surface area contributed by atoms with Gasteiger partial charge in [-0.3, -0.25) is 0 Å². The number of hydrogen-bond donors (Lipinski definition) is 2. The normalized spacial score (nSPS) is 19.9. The Balaban J connectivity index is 2.44. The van der Waals surface area contributed by atoms with Crippen molar-refractivity contribution in [3.05, 3.63) is 0 Å². The molecular weight excluding hydrogens is 178 g/mol. The molecule has 1 saturated heterocycles. The summed E-state index contributed by atoms with van der Waals surface area (Å²) in [4.78, 5) is 0. The van der Waals surface area contributed by atoms with Crippen molar-refractivity contribution < 1.29 is 4.74 Å². The van der Waals surface area contributed by atoms with Crippen molar-refractivity contribution in [1.82, 2.24) is 10.4 Å². The van der Waals surface area contributed by atoms with E-state index in [0.717, 1.165) is 39.1 Å². The molecule has 14 heavy (non-hydrogen) atoms. The van der Waals surface area contributed by atoms with Crippen LogP contribution in [0.15, 0.2) is 0 Å². The van der Waals surface area contributed by atoms with Crippen LogP contribution in [0, 0.1) is 0 Å². The Hall–Kier alpha value is -0.160. The number of nitrogens with two attached hydrogens (primary N) is 1. The molecule has 0 radical (unpaired) electrons. The van der Waals surface area contributed by atoms with E-state index in [-0.39, 0.29) is 5.54 Å². The van der Waals surface area contributed by atoms with E-state index in [1.165, 1.54) is 0 Å². The molecular formula is C10H23N3O. The van der Waals surface area contributed by atoms with E-state index in [1.807, 2.05) is 0 Å². The van der Waals surface area contributed by atoms with Gasteiger partial charge in [-0.25, -0.2) is 10.4 Å². The van der Waals surface area contributed by atoms with Crippen molar-refractivity contribution in [2.75, 3.05) is 32.8 Å². The fraction of sp³-hybridized carbons (Fsp3) is 1.00. The molecule has 0 aliphatic carbocycles. The number of rotatable bonds is 5. The summed E-state index contributed by atoms with van der Waals surface area (Å²) >= 11 is 0. The number of hydrogen-bond acceptors (Lipinski definition) is 4.